The Morgan fingerprint density at radius 3 is 2.68 bits per heavy atom. The summed E-state index contributed by atoms with van der Waals surface area (Å²) in [5.41, 5.74) is 7.66. The van der Waals surface area contributed by atoms with E-state index in [2.05, 4.69) is 15.9 Å². The number of hydrogen-bond donors (Lipinski definition) is 1. The van der Waals surface area contributed by atoms with E-state index in [1.54, 1.807) is 18.2 Å². The van der Waals surface area contributed by atoms with Crippen molar-refractivity contribution in [3.8, 4) is 5.75 Å². The molecule has 0 bridgehead atoms. The van der Waals surface area contributed by atoms with Crippen molar-refractivity contribution in [2.24, 2.45) is 5.73 Å². The van der Waals surface area contributed by atoms with Crippen LogP contribution in [0.25, 0.3) is 0 Å². The van der Waals surface area contributed by atoms with Crippen LogP contribution in [0, 0.1) is 5.82 Å². The van der Waals surface area contributed by atoms with E-state index in [1.165, 1.54) is 7.11 Å². The number of ether oxygens (including phenoxy) is 1. The third-order valence-corrected chi connectivity index (χ3v) is 3.47. The van der Waals surface area contributed by atoms with Crippen LogP contribution in [0.4, 0.5) is 4.39 Å². The average molecular weight is 324 g/mol. The Bertz CT molecular complexity index is 574. The lowest BCUT2D eigenvalue weighted by atomic mass is 9.99. The van der Waals surface area contributed by atoms with Crippen LogP contribution in [-0.4, -0.2) is 7.11 Å². The summed E-state index contributed by atoms with van der Waals surface area (Å²) in [6.07, 6.45) is 0.430. The third-order valence-electron chi connectivity index (χ3n) is 2.98. The molecule has 2 rings (SSSR count). The minimum absolute atomic E-state index is 0.249. The van der Waals surface area contributed by atoms with Gasteiger partial charge in [0, 0.05) is 10.5 Å². The summed E-state index contributed by atoms with van der Waals surface area (Å²) in [6, 6.07) is 12.6. The van der Waals surface area contributed by atoms with E-state index in [0.717, 1.165) is 10.0 Å². The van der Waals surface area contributed by atoms with Gasteiger partial charge in [-0.25, -0.2) is 4.39 Å². The molecule has 2 N–H and O–H groups in total. The summed E-state index contributed by atoms with van der Waals surface area (Å²) in [5.74, 6) is -0.0885. The zero-order valence-electron chi connectivity index (χ0n) is 10.6. The van der Waals surface area contributed by atoms with Crippen molar-refractivity contribution in [3.63, 3.8) is 0 Å². The molecule has 0 aliphatic rings. The van der Waals surface area contributed by atoms with Gasteiger partial charge in [-0.2, -0.15) is 0 Å². The lowest BCUT2D eigenvalue weighted by Gasteiger charge is -2.14. The molecule has 2 aromatic carbocycles. The third kappa shape index (κ3) is 3.33. The first kappa shape index (κ1) is 14.0. The van der Waals surface area contributed by atoms with Crippen molar-refractivity contribution in [3.05, 3.63) is 63.9 Å². The van der Waals surface area contributed by atoms with Crippen LogP contribution in [0.1, 0.15) is 17.2 Å². The number of nitrogens with two attached hydrogens (primary N) is 1. The summed E-state index contributed by atoms with van der Waals surface area (Å²) in [4.78, 5) is 0. The first-order valence-electron chi connectivity index (χ1n) is 5.94. The first-order valence-corrected chi connectivity index (χ1v) is 6.73. The number of methoxy groups -OCH3 is 1. The van der Waals surface area contributed by atoms with Crippen molar-refractivity contribution in [1.29, 1.82) is 0 Å². The van der Waals surface area contributed by atoms with Gasteiger partial charge < -0.3 is 10.5 Å². The standard InChI is InChI=1S/C15H15BrFNO/c1-19-14-7-3-5-11(15(14)17)9-13(18)10-4-2-6-12(16)8-10/h2-8,13H,9,18H2,1H3. The van der Waals surface area contributed by atoms with Crippen molar-refractivity contribution < 1.29 is 9.13 Å². The highest BCUT2D eigenvalue weighted by Crippen LogP contribution is 2.25. The van der Waals surface area contributed by atoms with Crippen LogP contribution in [0.5, 0.6) is 5.75 Å². The predicted molar refractivity (Wildman–Crippen MR) is 77.7 cm³/mol. The summed E-state index contributed by atoms with van der Waals surface area (Å²) in [7, 11) is 1.45. The van der Waals surface area contributed by atoms with Crippen molar-refractivity contribution >= 4 is 15.9 Å². The molecule has 100 valence electrons. The highest BCUT2D eigenvalue weighted by Gasteiger charge is 2.13. The summed E-state index contributed by atoms with van der Waals surface area (Å²) in [6.45, 7) is 0. The van der Waals surface area contributed by atoms with E-state index in [-0.39, 0.29) is 17.6 Å². The molecule has 4 heteroatoms. The SMILES string of the molecule is COc1cccc(CC(N)c2cccc(Br)c2)c1F. The molecular weight excluding hydrogens is 309 g/mol. The fourth-order valence-corrected chi connectivity index (χ4v) is 2.38. The van der Waals surface area contributed by atoms with Gasteiger partial charge in [0.05, 0.1) is 7.11 Å². The van der Waals surface area contributed by atoms with Gasteiger partial charge in [-0.05, 0) is 35.7 Å². The Morgan fingerprint density at radius 2 is 2.00 bits per heavy atom. The number of halogens is 2. The summed E-state index contributed by atoms with van der Waals surface area (Å²) in [5, 5.41) is 0. The number of rotatable bonds is 4. The van der Waals surface area contributed by atoms with E-state index in [0.29, 0.717) is 12.0 Å². The molecule has 0 heterocycles. The van der Waals surface area contributed by atoms with Crippen LogP contribution < -0.4 is 10.5 Å². The quantitative estimate of drug-likeness (QED) is 0.927. The Hall–Kier alpha value is -1.39. The van der Waals surface area contributed by atoms with Gasteiger partial charge in [-0.3, -0.25) is 0 Å². The average Bonchev–Trinajstić information content (AvgIpc) is 2.41. The van der Waals surface area contributed by atoms with Gasteiger partial charge in [-0.15, -0.1) is 0 Å². The molecule has 0 amide bonds. The Kier molecular flexibility index (Phi) is 4.56. The maximum Gasteiger partial charge on any atom is 0.168 e. The van der Waals surface area contributed by atoms with Gasteiger partial charge in [0.25, 0.3) is 0 Å². The molecule has 0 saturated heterocycles. The first-order chi connectivity index (χ1) is 9.11. The topological polar surface area (TPSA) is 35.2 Å². The molecule has 0 spiro atoms. The molecule has 1 atom stereocenters. The summed E-state index contributed by atoms with van der Waals surface area (Å²) >= 11 is 3.40. The Morgan fingerprint density at radius 1 is 1.26 bits per heavy atom. The predicted octanol–water partition coefficient (Wildman–Crippen LogP) is 3.84. The van der Waals surface area contributed by atoms with Crippen LogP contribution in [-0.2, 0) is 6.42 Å². The van der Waals surface area contributed by atoms with E-state index in [4.69, 9.17) is 10.5 Å². The van der Waals surface area contributed by atoms with Gasteiger partial charge >= 0.3 is 0 Å². The number of benzene rings is 2. The monoisotopic (exact) mass is 323 g/mol. The summed E-state index contributed by atoms with van der Waals surface area (Å²) < 4.78 is 20.0. The maximum atomic E-state index is 14.0. The molecule has 2 aromatic rings. The molecule has 0 radical (unpaired) electrons. The van der Waals surface area contributed by atoms with E-state index in [9.17, 15) is 4.39 Å². The maximum absolute atomic E-state index is 14.0. The van der Waals surface area contributed by atoms with Gasteiger partial charge in [0.15, 0.2) is 11.6 Å². The van der Waals surface area contributed by atoms with E-state index >= 15 is 0 Å². The second-order valence-corrected chi connectivity index (χ2v) is 5.21. The molecule has 0 aromatic heterocycles. The zero-order valence-corrected chi connectivity index (χ0v) is 12.2. The molecular formula is C15H15BrFNO. The van der Waals surface area contributed by atoms with Gasteiger partial charge in [-0.1, -0.05) is 40.2 Å². The molecule has 1 unspecified atom stereocenters. The molecule has 2 nitrogen and oxygen atoms in total. The van der Waals surface area contributed by atoms with Crippen LogP contribution in [0.15, 0.2) is 46.9 Å². The van der Waals surface area contributed by atoms with E-state index < -0.39 is 0 Å². The lowest BCUT2D eigenvalue weighted by Crippen LogP contribution is -2.14. The lowest BCUT2D eigenvalue weighted by molar-refractivity contribution is 0.383. The smallest absolute Gasteiger partial charge is 0.168 e. The van der Waals surface area contributed by atoms with Crippen molar-refractivity contribution in [1.82, 2.24) is 0 Å². The molecule has 0 fully saturated rings. The molecule has 19 heavy (non-hydrogen) atoms. The van der Waals surface area contributed by atoms with Crippen molar-refractivity contribution in [2.45, 2.75) is 12.5 Å². The van der Waals surface area contributed by atoms with Gasteiger partial charge in [0.1, 0.15) is 0 Å². The van der Waals surface area contributed by atoms with Crippen molar-refractivity contribution in [2.75, 3.05) is 7.11 Å². The van der Waals surface area contributed by atoms with Gasteiger partial charge in [0.2, 0.25) is 0 Å². The van der Waals surface area contributed by atoms with Crippen LogP contribution in [0.2, 0.25) is 0 Å². The highest BCUT2D eigenvalue weighted by atomic mass is 79.9. The van der Waals surface area contributed by atoms with Crippen LogP contribution in [0.3, 0.4) is 0 Å². The fourth-order valence-electron chi connectivity index (χ4n) is 1.96. The molecule has 0 aliphatic carbocycles. The number of hydrogen-bond acceptors (Lipinski definition) is 2. The fraction of sp³-hybridized carbons (Fsp3) is 0.200. The second-order valence-electron chi connectivity index (χ2n) is 4.30. The molecule has 0 saturated carbocycles. The second kappa shape index (κ2) is 6.17. The normalized spacial score (nSPS) is 12.2. The van der Waals surface area contributed by atoms with E-state index in [1.807, 2.05) is 24.3 Å². The Balaban J connectivity index is 2.21. The minimum Gasteiger partial charge on any atom is -0.494 e. The van der Waals surface area contributed by atoms with Crippen LogP contribution >= 0.6 is 15.9 Å². The largest absolute Gasteiger partial charge is 0.494 e. The minimum atomic E-state index is -0.338. The zero-order chi connectivity index (χ0) is 13.8. The highest BCUT2D eigenvalue weighted by molar-refractivity contribution is 9.10. The Labute approximate surface area is 120 Å². The molecule has 0 aliphatic heterocycles.